The zero-order valence-corrected chi connectivity index (χ0v) is 10.6. The average molecular weight is 263 g/mol. The average Bonchev–Trinajstić information content (AvgIpc) is 2.44. The fourth-order valence-electron chi connectivity index (χ4n) is 2.22. The highest BCUT2D eigenvalue weighted by Gasteiger charge is 2.43. The summed E-state index contributed by atoms with van der Waals surface area (Å²) in [5.41, 5.74) is -1.54. The maximum Gasteiger partial charge on any atom is 0.392 e. The van der Waals surface area contributed by atoms with Gasteiger partial charge in [-0.2, -0.15) is 0 Å². The highest BCUT2D eigenvalue weighted by atomic mass is 35.5. The van der Waals surface area contributed by atoms with Crippen LogP contribution in [-0.2, 0) is 5.72 Å². The predicted octanol–water partition coefficient (Wildman–Crippen LogP) is 1.47. The Hall–Kier alpha value is -1.34. The second kappa shape index (κ2) is 3.85. The Morgan fingerprint density at radius 1 is 1.59 bits per heavy atom. The van der Waals surface area contributed by atoms with Crippen molar-refractivity contribution in [1.29, 1.82) is 0 Å². The first-order valence-corrected chi connectivity index (χ1v) is 4.97. The molecule has 0 bridgehead atoms. The van der Waals surface area contributed by atoms with Crippen LogP contribution in [0, 0.1) is 10.1 Å². The quantitative estimate of drug-likeness (QED) is 0.590. The summed E-state index contributed by atoms with van der Waals surface area (Å²) in [5.74, 6) is 0.202. The van der Waals surface area contributed by atoms with Crippen LogP contribution in [0.3, 0.4) is 0 Å². The number of aliphatic hydroxyl groups is 1. The van der Waals surface area contributed by atoms with Crippen LogP contribution in [0.5, 0.6) is 0 Å². The molecular weight excluding hydrogens is 248 g/mol. The van der Waals surface area contributed by atoms with Gasteiger partial charge in [-0.25, -0.2) is 0 Å². The molecule has 1 aliphatic heterocycles. The Morgan fingerprint density at radius 3 is 2.71 bits per heavy atom. The van der Waals surface area contributed by atoms with E-state index in [2.05, 4.69) is 10.4 Å². The standard InChI is InChI=1S/C9H14N4O3.ClH/c1-8(2)5-9(3,14)12-6(10-8)4-7(11-12)13(15)16;/h4,10,14H,5H2,1-3H3;1H. The minimum atomic E-state index is -1.21. The van der Waals surface area contributed by atoms with Crippen molar-refractivity contribution in [2.24, 2.45) is 0 Å². The summed E-state index contributed by atoms with van der Waals surface area (Å²) >= 11 is 0. The Kier molecular flexibility index (Phi) is 3.11. The molecule has 0 radical (unpaired) electrons. The minimum Gasteiger partial charge on any atom is -0.368 e. The van der Waals surface area contributed by atoms with Gasteiger partial charge in [-0.1, -0.05) is 0 Å². The Labute approximate surface area is 104 Å². The fourth-order valence-corrected chi connectivity index (χ4v) is 2.22. The lowest BCUT2D eigenvalue weighted by Crippen LogP contribution is -2.48. The van der Waals surface area contributed by atoms with Crippen molar-refractivity contribution in [3.05, 3.63) is 16.2 Å². The van der Waals surface area contributed by atoms with Gasteiger partial charge in [0.15, 0.2) is 11.5 Å². The molecule has 1 atom stereocenters. The van der Waals surface area contributed by atoms with Gasteiger partial charge in [-0.05, 0) is 25.7 Å². The van der Waals surface area contributed by atoms with E-state index in [4.69, 9.17) is 0 Å². The summed E-state index contributed by atoms with van der Waals surface area (Å²) in [5, 5.41) is 27.7. The van der Waals surface area contributed by atoms with E-state index < -0.39 is 10.6 Å². The molecular formula is C9H15ClN4O3. The highest BCUT2D eigenvalue weighted by Crippen LogP contribution is 2.36. The predicted molar refractivity (Wildman–Crippen MR) is 64.3 cm³/mol. The van der Waals surface area contributed by atoms with Crippen molar-refractivity contribution < 1.29 is 10.0 Å². The lowest BCUT2D eigenvalue weighted by molar-refractivity contribution is -0.390. The third-order valence-electron chi connectivity index (χ3n) is 2.58. The van der Waals surface area contributed by atoms with Gasteiger partial charge >= 0.3 is 5.82 Å². The van der Waals surface area contributed by atoms with Crippen molar-refractivity contribution in [3.8, 4) is 0 Å². The van der Waals surface area contributed by atoms with Crippen molar-refractivity contribution >= 4 is 24.0 Å². The number of anilines is 1. The van der Waals surface area contributed by atoms with Gasteiger partial charge < -0.3 is 20.5 Å². The molecule has 96 valence electrons. The third-order valence-corrected chi connectivity index (χ3v) is 2.58. The summed E-state index contributed by atoms with van der Waals surface area (Å²) in [7, 11) is 0. The van der Waals surface area contributed by atoms with Crippen molar-refractivity contribution in [1.82, 2.24) is 9.78 Å². The second-order valence-electron chi connectivity index (χ2n) is 4.96. The number of nitrogens with zero attached hydrogens (tertiary/aromatic N) is 3. The zero-order valence-electron chi connectivity index (χ0n) is 9.80. The van der Waals surface area contributed by atoms with Crippen molar-refractivity contribution in [2.45, 2.75) is 38.5 Å². The van der Waals surface area contributed by atoms with Crippen molar-refractivity contribution in [3.63, 3.8) is 0 Å². The lowest BCUT2D eigenvalue weighted by Gasteiger charge is -2.39. The van der Waals surface area contributed by atoms with E-state index in [9.17, 15) is 15.2 Å². The molecule has 0 amide bonds. The van der Waals surface area contributed by atoms with Crippen LogP contribution in [-0.4, -0.2) is 25.3 Å². The topological polar surface area (TPSA) is 93.2 Å². The van der Waals surface area contributed by atoms with Crippen LogP contribution in [0.15, 0.2) is 6.07 Å². The summed E-state index contributed by atoms with van der Waals surface area (Å²) in [4.78, 5) is 10.0. The number of halogens is 1. The van der Waals surface area contributed by atoms with Gasteiger partial charge in [0, 0.05) is 12.0 Å². The van der Waals surface area contributed by atoms with Gasteiger partial charge in [0.1, 0.15) is 0 Å². The molecule has 1 aliphatic rings. The van der Waals surface area contributed by atoms with E-state index in [1.54, 1.807) is 6.92 Å². The van der Waals surface area contributed by atoms with E-state index in [0.717, 1.165) is 0 Å². The van der Waals surface area contributed by atoms with E-state index >= 15 is 0 Å². The molecule has 0 spiro atoms. The molecule has 7 nitrogen and oxygen atoms in total. The molecule has 8 heteroatoms. The second-order valence-corrected chi connectivity index (χ2v) is 4.96. The smallest absolute Gasteiger partial charge is 0.368 e. The first-order chi connectivity index (χ1) is 7.21. The van der Waals surface area contributed by atoms with Gasteiger partial charge in [0.2, 0.25) is 0 Å². The lowest BCUT2D eigenvalue weighted by atomic mass is 9.91. The number of hydrogen-bond donors (Lipinski definition) is 2. The number of rotatable bonds is 1. The molecule has 2 heterocycles. The maximum absolute atomic E-state index is 10.6. The molecule has 0 saturated heterocycles. The number of nitro groups is 1. The number of aromatic nitrogens is 2. The molecule has 2 N–H and O–H groups in total. The Bertz CT molecular complexity index is 455. The molecule has 2 rings (SSSR count). The van der Waals surface area contributed by atoms with Gasteiger partial charge in [0.25, 0.3) is 0 Å². The van der Waals surface area contributed by atoms with Gasteiger partial charge in [0.05, 0.1) is 11.2 Å². The molecule has 0 aliphatic carbocycles. The van der Waals surface area contributed by atoms with E-state index in [-0.39, 0.29) is 23.8 Å². The summed E-state index contributed by atoms with van der Waals surface area (Å²) in [6.45, 7) is 5.43. The van der Waals surface area contributed by atoms with Crippen molar-refractivity contribution in [2.75, 3.05) is 5.32 Å². The van der Waals surface area contributed by atoms with Gasteiger partial charge in [-0.15, -0.1) is 17.1 Å². The van der Waals surface area contributed by atoms with Crippen LogP contribution in [0.1, 0.15) is 27.2 Å². The van der Waals surface area contributed by atoms with E-state index in [0.29, 0.717) is 12.2 Å². The normalized spacial score (nSPS) is 25.4. The molecule has 17 heavy (non-hydrogen) atoms. The number of hydrogen-bond acceptors (Lipinski definition) is 5. The molecule has 1 aromatic heterocycles. The first-order valence-electron chi connectivity index (χ1n) is 4.97. The van der Waals surface area contributed by atoms with Crippen LogP contribution in [0.4, 0.5) is 11.6 Å². The largest absolute Gasteiger partial charge is 0.392 e. The first kappa shape index (κ1) is 13.7. The monoisotopic (exact) mass is 262 g/mol. The van der Waals surface area contributed by atoms with Gasteiger partial charge in [-0.3, -0.25) is 0 Å². The third kappa shape index (κ3) is 2.34. The zero-order chi connectivity index (χ0) is 12.1. The summed E-state index contributed by atoms with van der Waals surface area (Å²) in [6, 6.07) is 1.33. The van der Waals surface area contributed by atoms with E-state index in [1.807, 2.05) is 13.8 Å². The minimum absolute atomic E-state index is 0. The Balaban J connectivity index is 0.00000144. The fraction of sp³-hybridized carbons (Fsp3) is 0.667. The summed E-state index contributed by atoms with van der Waals surface area (Å²) in [6.07, 6.45) is 0.422. The summed E-state index contributed by atoms with van der Waals surface area (Å²) < 4.78 is 1.26. The van der Waals surface area contributed by atoms with Crippen LogP contribution < -0.4 is 5.32 Å². The van der Waals surface area contributed by atoms with Crippen LogP contribution in [0.2, 0.25) is 0 Å². The molecule has 0 fully saturated rings. The number of nitrogens with one attached hydrogen (secondary N) is 1. The molecule has 0 saturated carbocycles. The SMILES string of the molecule is CC1(C)CC(C)(O)n2nc([N+](=O)[O-])cc2N1.Cl. The molecule has 0 aromatic carbocycles. The number of fused-ring (bicyclic) bond motifs is 1. The maximum atomic E-state index is 10.6. The van der Waals surface area contributed by atoms with E-state index in [1.165, 1.54) is 10.7 Å². The van der Waals surface area contributed by atoms with Crippen LogP contribution in [0.25, 0.3) is 0 Å². The molecule has 1 unspecified atom stereocenters. The molecule has 1 aromatic rings. The van der Waals surface area contributed by atoms with Crippen LogP contribution >= 0.6 is 12.4 Å². The Morgan fingerprint density at radius 2 is 2.18 bits per heavy atom. The highest BCUT2D eigenvalue weighted by molar-refractivity contribution is 5.85.